The molecule has 0 aliphatic carbocycles. The second kappa shape index (κ2) is 0.544. The fraction of sp³-hybridized carbons (Fsp3) is 1.00. The van der Waals surface area contributed by atoms with Crippen molar-refractivity contribution in [1.82, 2.24) is 0 Å². The summed E-state index contributed by atoms with van der Waals surface area (Å²) >= 11 is 0. The van der Waals surface area contributed by atoms with Gasteiger partial charge in [0.1, 0.15) is 0 Å². The van der Waals surface area contributed by atoms with Crippen LogP contribution < -0.4 is 0 Å². The van der Waals surface area contributed by atoms with Crippen molar-refractivity contribution in [3.8, 4) is 0 Å². The first-order valence-corrected chi connectivity index (χ1v) is 14.5. The van der Waals surface area contributed by atoms with Crippen molar-refractivity contribution >= 4 is 0 Å². The predicted octanol–water partition coefficient (Wildman–Crippen LogP) is 5.72. The van der Waals surface area contributed by atoms with Gasteiger partial charge in [-0.15, -0.1) is 0 Å². The SMILES string of the molecule is CCC[C]12[CH]3[CH]4[CH]5[CH]1[Fe]45321678[CH]2[CH]1[CH]6[C]7(CCC)[CH]28. The summed E-state index contributed by atoms with van der Waals surface area (Å²) in [6, 6.07) is 0. The van der Waals surface area contributed by atoms with E-state index < -0.39 is 6.51 Å². The van der Waals surface area contributed by atoms with Gasteiger partial charge in [0.15, 0.2) is 0 Å². The van der Waals surface area contributed by atoms with Gasteiger partial charge < -0.3 is 0 Å². The van der Waals surface area contributed by atoms with Gasteiger partial charge in [0, 0.05) is 0 Å². The van der Waals surface area contributed by atoms with Crippen molar-refractivity contribution in [3.05, 3.63) is 0 Å². The maximum atomic E-state index is 2.50. The third-order valence-electron chi connectivity index (χ3n) is 16.7. The maximum absolute atomic E-state index is 2.79. The molecule has 0 aromatic rings. The summed E-state index contributed by atoms with van der Waals surface area (Å²) in [7, 11) is 0. The summed E-state index contributed by atoms with van der Waals surface area (Å²) in [4.78, 5) is 12.3. The monoisotopic (exact) mass is 270 g/mol. The molecule has 0 N–H and O–H groups in total. The minimum absolute atomic E-state index is 1.21. The Morgan fingerprint density at radius 3 is 1.29 bits per heavy atom. The molecule has 1 spiro atoms. The van der Waals surface area contributed by atoms with Gasteiger partial charge in [-0.1, -0.05) is 0 Å². The normalized spacial score (nSPS) is 124. The zero-order chi connectivity index (χ0) is 10.8. The van der Waals surface area contributed by atoms with Crippen molar-refractivity contribution in [2.24, 2.45) is 0 Å². The third kappa shape index (κ3) is 0.0633. The van der Waals surface area contributed by atoms with Crippen LogP contribution in [0.5, 0.6) is 0 Å². The average molecular weight is 270 g/mol. The summed E-state index contributed by atoms with van der Waals surface area (Å²) in [5.41, 5.74) is 0. The van der Waals surface area contributed by atoms with Crippen LogP contribution in [0.2, 0.25) is 47.2 Å². The number of hydrogen-bond acceptors (Lipinski definition) is 0. The molecule has 0 radical (unpaired) electrons. The Morgan fingerprint density at radius 2 is 1.06 bits per heavy atom. The van der Waals surface area contributed by atoms with E-state index in [0.717, 1.165) is 0 Å². The molecule has 0 amide bonds. The topological polar surface area (TPSA) is 0 Å². The van der Waals surface area contributed by atoms with E-state index in [0.29, 0.717) is 0 Å². The van der Waals surface area contributed by atoms with Crippen LogP contribution in [0.25, 0.3) is 0 Å². The Labute approximate surface area is 93.2 Å². The Hall–Kier alpha value is 0.519. The van der Waals surface area contributed by atoms with Gasteiger partial charge in [0.25, 0.3) is 0 Å². The van der Waals surface area contributed by atoms with Gasteiger partial charge in [-0.3, -0.25) is 0 Å². The second-order valence-corrected chi connectivity index (χ2v) is 35.0. The molecule has 0 nitrogen and oxygen atoms in total. The summed E-state index contributed by atoms with van der Waals surface area (Å²) in [5, 5.41) is 0. The molecule has 8 atom stereocenters. The van der Waals surface area contributed by atoms with Crippen LogP contribution in [-0.2, 0) is 6.51 Å². The van der Waals surface area contributed by atoms with Gasteiger partial charge in [-0.05, 0) is 0 Å². The quantitative estimate of drug-likeness (QED) is 0.573. The van der Waals surface area contributed by atoms with Crippen LogP contribution in [-0.4, -0.2) is 0 Å². The molecular formula is C16H22Fe. The molecular weight excluding hydrogens is 248 g/mol. The average Bonchev–Trinajstić information content (AvgIpc) is 3.24. The Balaban J connectivity index is 1.61. The molecule has 10 aliphatic rings. The van der Waals surface area contributed by atoms with Crippen LogP contribution in [0.15, 0.2) is 0 Å². The fourth-order valence-electron chi connectivity index (χ4n) is 19.6. The first kappa shape index (κ1) is 6.80. The van der Waals surface area contributed by atoms with E-state index >= 15 is 0 Å². The molecule has 0 aromatic heterocycles. The Bertz CT molecular complexity index is 880. The molecule has 10 saturated heterocycles. The van der Waals surface area contributed by atoms with Crippen molar-refractivity contribution in [2.45, 2.75) is 86.7 Å². The number of rotatable bonds is 4. The second-order valence-electron chi connectivity index (χ2n) is 11.6. The van der Waals surface area contributed by atoms with Crippen molar-refractivity contribution in [3.63, 3.8) is 0 Å². The van der Waals surface area contributed by atoms with E-state index in [1.54, 1.807) is 25.7 Å². The number of hydrogen-bond donors (Lipinski definition) is 0. The molecule has 10 fully saturated rings. The molecule has 10 heterocycles. The molecule has 1 heteroatoms. The standard InChI is InChI=1S/2C8H11.Fe/c2*1-2-5-8-6-3-4-7-8;/h2*3-4,6-7H,2,5H2,1H3;. The van der Waals surface area contributed by atoms with Gasteiger partial charge in [-0.2, -0.15) is 0 Å². The van der Waals surface area contributed by atoms with E-state index in [1.807, 2.05) is 0 Å². The first-order chi connectivity index (χ1) is 8.05. The number of fused-ring (bicyclic) bond motifs is 10. The van der Waals surface area contributed by atoms with Crippen molar-refractivity contribution in [2.75, 3.05) is 0 Å². The van der Waals surface area contributed by atoms with Crippen LogP contribution >= 0.6 is 0 Å². The van der Waals surface area contributed by atoms with Crippen molar-refractivity contribution in [1.29, 1.82) is 0 Å². The molecule has 94 valence electrons. The summed E-state index contributed by atoms with van der Waals surface area (Å²) in [6.45, 7) is 2.20. The van der Waals surface area contributed by atoms with Crippen LogP contribution in [0.3, 0.4) is 0 Å². The zero-order valence-corrected chi connectivity index (χ0v) is 11.9. The van der Waals surface area contributed by atoms with Crippen LogP contribution in [0.1, 0.15) is 39.5 Å². The molecule has 10 rings (SSSR count). The molecule has 0 aromatic carbocycles. The molecule has 8 unspecified atom stereocenters. The fourth-order valence-corrected chi connectivity index (χ4v) is 98.3. The molecule has 10 aliphatic heterocycles. The Morgan fingerprint density at radius 1 is 0.706 bits per heavy atom. The molecule has 17 heavy (non-hydrogen) atoms. The van der Waals surface area contributed by atoms with Gasteiger partial charge in [0.05, 0.1) is 0 Å². The van der Waals surface area contributed by atoms with Gasteiger partial charge in [-0.25, -0.2) is 0 Å². The minimum atomic E-state index is -2.79. The predicted molar refractivity (Wildman–Crippen MR) is 65.2 cm³/mol. The van der Waals surface area contributed by atoms with Crippen LogP contribution in [0, 0.1) is 0 Å². The zero-order valence-electron chi connectivity index (χ0n) is 10.8. The summed E-state index contributed by atoms with van der Waals surface area (Å²) in [6.07, 6.45) is 6.57. The van der Waals surface area contributed by atoms with E-state index in [2.05, 4.69) is 13.8 Å². The summed E-state index contributed by atoms with van der Waals surface area (Å²) in [5.74, 6) is 0. The van der Waals surface area contributed by atoms with E-state index in [-0.39, 0.29) is 0 Å². The molecule has 0 bridgehead atoms. The van der Waals surface area contributed by atoms with Gasteiger partial charge >= 0.3 is 93.2 Å². The van der Waals surface area contributed by atoms with Crippen LogP contribution in [0.4, 0.5) is 0 Å². The van der Waals surface area contributed by atoms with E-state index in [9.17, 15) is 0 Å². The van der Waals surface area contributed by atoms with E-state index in [1.165, 1.54) is 47.2 Å². The first-order valence-electron chi connectivity index (χ1n) is 8.26. The van der Waals surface area contributed by atoms with Crippen molar-refractivity contribution < 1.29 is 6.51 Å². The Kier molecular flexibility index (Phi) is 0.218. The molecule has 0 saturated carbocycles. The van der Waals surface area contributed by atoms with E-state index in [4.69, 9.17) is 0 Å². The third-order valence-corrected chi connectivity index (χ3v) is 60.8. The van der Waals surface area contributed by atoms with Gasteiger partial charge in [0.2, 0.25) is 0 Å². The summed E-state index contributed by atoms with van der Waals surface area (Å²) < 4.78 is 2.41.